The monoisotopic (exact) mass is 307 g/mol. The van der Waals surface area contributed by atoms with Crippen molar-refractivity contribution in [3.8, 4) is 11.6 Å². The molecule has 0 saturated heterocycles. The van der Waals surface area contributed by atoms with E-state index in [0.717, 1.165) is 27.0 Å². The molecule has 1 aromatic heterocycles. The van der Waals surface area contributed by atoms with E-state index in [0.29, 0.717) is 5.88 Å². The average molecular weight is 308 g/mol. The molecular weight excluding hydrogens is 294 g/mol. The molecule has 0 aliphatic carbocycles. The maximum atomic E-state index is 9.16. The minimum absolute atomic E-state index is 0.0167. The van der Waals surface area contributed by atoms with Gasteiger partial charge < -0.3 is 9.84 Å². The highest BCUT2D eigenvalue weighted by Gasteiger charge is 2.05. The molecule has 0 amide bonds. The Balaban J connectivity index is 2.33. The molecule has 0 spiro atoms. The van der Waals surface area contributed by atoms with E-state index in [4.69, 9.17) is 9.84 Å². The highest BCUT2D eigenvalue weighted by Crippen LogP contribution is 2.27. The van der Waals surface area contributed by atoms with Crippen molar-refractivity contribution in [2.24, 2.45) is 0 Å². The lowest BCUT2D eigenvalue weighted by Crippen LogP contribution is -1.95. The highest BCUT2D eigenvalue weighted by atomic mass is 79.9. The van der Waals surface area contributed by atoms with Crippen LogP contribution in [0.2, 0.25) is 0 Å². The predicted molar refractivity (Wildman–Crippen MR) is 73.8 cm³/mol. The number of aliphatic hydroxyl groups is 1. The molecule has 1 aromatic carbocycles. The fourth-order valence-electron chi connectivity index (χ4n) is 1.65. The number of pyridine rings is 1. The van der Waals surface area contributed by atoms with Gasteiger partial charge in [-0.15, -0.1) is 0 Å². The van der Waals surface area contributed by atoms with Gasteiger partial charge in [-0.1, -0.05) is 22.0 Å². The van der Waals surface area contributed by atoms with Gasteiger partial charge in [0.15, 0.2) is 0 Å². The lowest BCUT2D eigenvalue weighted by molar-refractivity contribution is 0.281. The van der Waals surface area contributed by atoms with Gasteiger partial charge in [-0.2, -0.15) is 0 Å². The van der Waals surface area contributed by atoms with E-state index in [1.54, 1.807) is 6.07 Å². The van der Waals surface area contributed by atoms with Crippen molar-refractivity contribution >= 4 is 15.9 Å². The van der Waals surface area contributed by atoms with E-state index in [9.17, 15) is 0 Å². The summed E-state index contributed by atoms with van der Waals surface area (Å²) < 4.78 is 6.72. The number of aryl methyl sites for hydroxylation is 2. The van der Waals surface area contributed by atoms with Crippen molar-refractivity contribution in [1.29, 1.82) is 0 Å². The summed E-state index contributed by atoms with van der Waals surface area (Å²) >= 11 is 3.41. The molecule has 0 aliphatic heterocycles. The van der Waals surface area contributed by atoms with E-state index in [2.05, 4.69) is 20.9 Å². The first-order valence-electron chi connectivity index (χ1n) is 5.61. The van der Waals surface area contributed by atoms with Crippen LogP contribution in [-0.4, -0.2) is 10.1 Å². The summed E-state index contributed by atoms with van der Waals surface area (Å²) in [4.78, 5) is 4.30. The van der Waals surface area contributed by atoms with Crippen molar-refractivity contribution < 1.29 is 9.84 Å². The molecule has 0 unspecified atom stereocenters. The number of ether oxygens (including phenoxy) is 1. The van der Waals surface area contributed by atoms with Crippen molar-refractivity contribution in [3.05, 3.63) is 51.6 Å². The topological polar surface area (TPSA) is 42.4 Å². The van der Waals surface area contributed by atoms with Gasteiger partial charge in [-0.3, -0.25) is 0 Å². The van der Waals surface area contributed by atoms with Crippen LogP contribution in [0.5, 0.6) is 11.6 Å². The molecule has 1 heterocycles. The number of rotatable bonds is 3. The molecule has 1 N–H and O–H groups in total. The van der Waals surface area contributed by atoms with Gasteiger partial charge in [0.05, 0.1) is 6.61 Å². The molecule has 18 heavy (non-hydrogen) atoms. The second-order valence-electron chi connectivity index (χ2n) is 4.13. The van der Waals surface area contributed by atoms with E-state index < -0.39 is 0 Å². The molecule has 0 bridgehead atoms. The van der Waals surface area contributed by atoms with Crippen LogP contribution in [0.15, 0.2) is 34.8 Å². The van der Waals surface area contributed by atoms with Crippen LogP contribution in [0, 0.1) is 13.8 Å². The first-order chi connectivity index (χ1) is 8.58. The van der Waals surface area contributed by atoms with Crippen molar-refractivity contribution in [1.82, 2.24) is 4.98 Å². The molecule has 0 fully saturated rings. The number of benzene rings is 1. The van der Waals surface area contributed by atoms with E-state index in [1.165, 1.54) is 0 Å². The summed E-state index contributed by atoms with van der Waals surface area (Å²) in [6, 6.07) is 9.42. The van der Waals surface area contributed by atoms with Gasteiger partial charge in [0.1, 0.15) is 5.75 Å². The molecule has 0 saturated carbocycles. The Morgan fingerprint density at radius 1 is 1.22 bits per heavy atom. The minimum atomic E-state index is -0.0167. The first kappa shape index (κ1) is 13.1. The van der Waals surface area contributed by atoms with Gasteiger partial charge in [0.25, 0.3) is 0 Å². The third-order valence-electron chi connectivity index (χ3n) is 2.54. The second kappa shape index (κ2) is 5.50. The second-order valence-corrected chi connectivity index (χ2v) is 5.04. The van der Waals surface area contributed by atoms with Crippen LogP contribution in [0.1, 0.15) is 16.8 Å². The molecule has 0 aliphatic rings. The molecule has 3 nitrogen and oxygen atoms in total. The summed E-state index contributed by atoms with van der Waals surface area (Å²) in [6.45, 7) is 3.83. The van der Waals surface area contributed by atoms with Crippen LogP contribution in [0.3, 0.4) is 0 Å². The lowest BCUT2D eigenvalue weighted by atomic mass is 10.2. The summed E-state index contributed by atoms with van der Waals surface area (Å²) in [5.74, 6) is 1.26. The SMILES string of the molecule is Cc1cc(CO)cc(Oc2cc(Br)ccc2C)n1. The highest BCUT2D eigenvalue weighted by molar-refractivity contribution is 9.10. The predicted octanol–water partition coefficient (Wildman–Crippen LogP) is 3.75. The minimum Gasteiger partial charge on any atom is -0.439 e. The zero-order valence-electron chi connectivity index (χ0n) is 10.3. The van der Waals surface area contributed by atoms with Gasteiger partial charge in [0, 0.05) is 16.2 Å². The van der Waals surface area contributed by atoms with Crippen LogP contribution in [-0.2, 0) is 6.61 Å². The molecule has 0 radical (unpaired) electrons. The number of hydrogen-bond donors (Lipinski definition) is 1. The Bertz CT molecular complexity index is 570. The van der Waals surface area contributed by atoms with Gasteiger partial charge in [-0.25, -0.2) is 4.98 Å². The molecule has 94 valence electrons. The normalized spacial score (nSPS) is 10.4. The molecule has 4 heteroatoms. The fraction of sp³-hybridized carbons (Fsp3) is 0.214. The average Bonchev–Trinajstić information content (AvgIpc) is 2.33. The number of hydrogen-bond acceptors (Lipinski definition) is 3. The van der Waals surface area contributed by atoms with Gasteiger partial charge in [0.2, 0.25) is 5.88 Å². The van der Waals surface area contributed by atoms with E-state index in [-0.39, 0.29) is 6.61 Å². The van der Waals surface area contributed by atoms with Crippen LogP contribution in [0.4, 0.5) is 0 Å². The quantitative estimate of drug-likeness (QED) is 0.939. The first-order valence-corrected chi connectivity index (χ1v) is 6.40. The molecule has 2 aromatic rings. The zero-order chi connectivity index (χ0) is 13.1. The van der Waals surface area contributed by atoms with Crippen molar-refractivity contribution in [3.63, 3.8) is 0 Å². The Labute approximate surface area is 115 Å². The maximum absolute atomic E-state index is 9.16. The lowest BCUT2D eigenvalue weighted by Gasteiger charge is -2.10. The van der Waals surface area contributed by atoms with Crippen LogP contribution >= 0.6 is 15.9 Å². The fourth-order valence-corrected chi connectivity index (χ4v) is 1.99. The van der Waals surface area contributed by atoms with Crippen molar-refractivity contribution in [2.45, 2.75) is 20.5 Å². The number of aliphatic hydroxyl groups excluding tert-OH is 1. The molecular formula is C14H14BrNO2. The van der Waals surface area contributed by atoms with Crippen LogP contribution in [0.25, 0.3) is 0 Å². The summed E-state index contributed by atoms with van der Waals surface area (Å²) in [6.07, 6.45) is 0. The number of halogens is 1. The largest absolute Gasteiger partial charge is 0.439 e. The molecule has 2 rings (SSSR count). The summed E-state index contributed by atoms with van der Waals surface area (Å²) in [5, 5.41) is 9.16. The molecule has 0 atom stereocenters. The van der Waals surface area contributed by atoms with Crippen LogP contribution < -0.4 is 4.74 Å². The zero-order valence-corrected chi connectivity index (χ0v) is 11.9. The Hall–Kier alpha value is -1.39. The third-order valence-corrected chi connectivity index (χ3v) is 3.03. The smallest absolute Gasteiger partial charge is 0.219 e. The van der Waals surface area contributed by atoms with Crippen molar-refractivity contribution in [2.75, 3.05) is 0 Å². The number of nitrogens with zero attached hydrogens (tertiary/aromatic N) is 1. The maximum Gasteiger partial charge on any atom is 0.219 e. The Kier molecular flexibility index (Phi) is 3.99. The Morgan fingerprint density at radius 2 is 2.00 bits per heavy atom. The number of aromatic nitrogens is 1. The summed E-state index contributed by atoms with van der Waals surface area (Å²) in [5.41, 5.74) is 2.65. The van der Waals surface area contributed by atoms with E-state index >= 15 is 0 Å². The Morgan fingerprint density at radius 3 is 2.72 bits per heavy atom. The standard InChI is InChI=1S/C14H14BrNO2/c1-9-3-4-12(15)7-13(9)18-14-6-11(8-17)5-10(2)16-14/h3-7,17H,8H2,1-2H3. The van der Waals surface area contributed by atoms with Gasteiger partial charge >= 0.3 is 0 Å². The summed E-state index contributed by atoms with van der Waals surface area (Å²) in [7, 11) is 0. The third kappa shape index (κ3) is 3.09. The van der Waals surface area contributed by atoms with Gasteiger partial charge in [-0.05, 0) is 43.2 Å². The van der Waals surface area contributed by atoms with E-state index in [1.807, 2.05) is 38.1 Å².